The molecule has 5 nitrogen and oxygen atoms in total. The highest BCUT2D eigenvalue weighted by Gasteiger charge is 2.37. The van der Waals surface area contributed by atoms with Crippen molar-refractivity contribution in [3.05, 3.63) is 51.4 Å². The van der Waals surface area contributed by atoms with Crippen molar-refractivity contribution < 1.29 is 18.0 Å². The van der Waals surface area contributed by atoms with Gasteiger partial charge in [-0.1, -0.05) is 23.7 Å². The maximum Gasteiger partial charge on any atom is 0.449 e. The number of thiophene rings is 1. The van der Waals surface area contributed by atoms with Crippen LogP contribution in [-0.2, 0) is 17.5 Å². The van der Waals surface area contributed by atoms with E-state index in [-0.39, 0.29) is 11.0 Å². The molecular formula is C16H12ClF3N4OS. The molecule has 1 N–H and O–H groups in total. The first kappa shape index (κ1) is 18.4. The number of carbonyl (C=O) groups excluding carboxylic acids is 1. The fourth-order valence-electron chi connectivity index (χ4n) is 2.34. The van der Waals surface area contributed by atoms with E-state index in [0.29, 0.717) is 10.0 Å². The molecule has 3 rings (SSSR count). The highest BCUT2D eigenvalue weighted by atomic mass is 35.5. The second-order valence-corrected chi connectivity index (χ2v) is 7.06. The molecule has 0 aliphatic carbocycles. The molecule has 136 valence electrons. The van der Waals surface area contributed by atoms with Crippen LogP contribution < -0.4 is 5.43 Å². The van der Waals surface area contributed by atoms with Gasteiger partial charge in [-0.05, 0) is 31.2 Å². The number of aromatic nitrogens is 2. The quantitative estimate of drug-likeness (QED) is 0.524. The van der Waals surface area contributed by atoms with E-state index in [1.165, 1.54) is 23.5 Å². The minimum atomic E-state index is -4.67. The first-order valence-electron chi connectivity index (χ1n) is 7.37. The van der Waals surface area contributed by atoms with Gasteiger partial charge in [-0.25, -0.2) is 10.4 Å². The summed E-state index contributed by atoms with van der Waals surface area (Å²) in [7, 11) is 0. The second-order valence-electron chi connectivity index (χ2n) is 5.34. The second kappa shape index (κ2) is 7.08. The summed E-state index contributed by atoms with van der Waals surface area (Å²) in [6, 6.07) is 9.54. The zero-order chi connectivity index (χ0) is 18.9. The van der Waals surface area contributed by atoms with Gasteiger partial charge >= 0.3 is 6.18 Å². The molecule has 0 saturated carbocycles. The number of hydrogen-bond acceptors (Lipinski definition) is 4. The molecule has 0 saturated heterocycles. The molecule has 2 aromatic heterocycles. The average Bonchev–Trinajstić information content (AvgIpc) is 3.17. The summed E-state index contributed by atoms with van der Waals surface area (Å²) in [4.78, 5) is 16.5. The number of rotatable bonds is 4. The van der Waals surface area contributed by atoms with Gasteiger partial charge in [0.05, 0.1) is 26.0 Å². The minimum absolute atomic E-state index is 0.167. The zero-order valence-electron chi connectivity index (χ0n) is 13.3. The van der Waals surface area contributed by atoms with Crippen LogP contribution in [0, 0.1) is 0 Å². The third kappa shape index (κ3) is 3.88. The molecule has 0 bridgehead atoms. The van der Waals surface area contributed by atoms with E-state index >= 15 is 0 Å². The average molecular weight is 401 g/mol. The molecule has 1 amide bonds. The SMILES string of the molecule is CC(=NNC(=O)Cn1c(C(F)(F)F)nc2ccccc21)c1ccc(Cl)s1. The summed E-state index contributed by atoms with van der Waals surface area (Å²) >= 11 is 7.12. The number of fused-ring (bicyclic) bond motifs is 1. The molecule has 1 aromatic carbocycles. The minimum Gasteiger partial charge on any atom is -0.311 e. The van der Waals surface area contributed by atoms with E-state index in [2.05, 4.69) is 15.5 Å². The Morgan fingerprint density at radius 1 is 1.31 bits per heavy atom. The van der Waals surface area contributed by atoms with Gasteiger partial charge in [-0.3, -0.25) is 4.79 Å². The number of hydrogen-bond donors (Lipinski definition) is 1. The van der Waals surface area contributed by atoms with Crippen LogP contribution in [0.15, 0.2) is 41.5 Å². The molecule has 0 aliphatic rings. The van der Waals surface area contributed by atoms with Crippen LogP contribution in [0.4, 0.5) is 13.2 Å². The number of nitrogens with one attached hydrogen (secondary N) is 1. The van der Waals surface area contributed by atoms with Gasteiger partial charge < -0.3 is 4.57 Å². The number of para-hydroxylation sites is 2. The van der Waals surface area contributed by atoms with Crippen molar-refractivity contribution in [2.75, 3.05) is 0 Å². The first-order chi connectivity index (χ1) is 12.3. The lowest BCUT2D eigenvalue weighted by atomic mass is 10.3. The van der Waals surface area contributed by atoms with Crippen molar-refractivity contribution >= 4 is 45.6 Å². The third-order valence-corrected chi connectivity index (χ3v) is 4.83. The fraction of sp³-hybridized carbons (Fsp3) is 0.188. The smallest absolute Gasteiger partial charge is 0.311 e. The van der Waals surface area contributed by atoms with Crippen LogP contribution in [0.1, 0.15) is 17.6 Å². The Morgan fingerprint density at radius 3 is 2.69 bits per heavy atom. The molecule has 0 fully saturated rings. The molecule has 3 aromatic rings. The van der Waals surface area contributed by atoms with Crippen LogP contribution in [0.25, 0.3) is 11.0 Å². The molecule has 0 aliphatic heterocycles. The van der Waals surface area contributed by atoms with Crippen molar-refractivity contribution in [2.45, 2.75) is 19.6 Å². The number of carbonyl (C=O) groups is 1. The van der Waals surface area contributed by atoms with Gasteiger partial charge in [-0.15, -0.1) is 11.3 Å². The maximum absolute atomic E-state index is 13.2. The van der Waals surface area contributed by atoms with Gasteiger partial charge in [0.25, 0.3) is 5.91 Å². The van der Waals surface area contributed by atoms with E-state index in [0.717, 1.165) is 9.44 Å². The Morgan fingerprint density at radius 2 is 2.04 bits per heavy atom. The highest BCUT2D eigenvalue weighted by molar-refractivity contribution is 7.18. The van der Waals surface area contributed by atoms with Gasteiger partial charge in [0.15, 0.2) is 0 Å². The number of imidazole rings is 1. The molecular weight excluding hydrogens is 389 g/mol. The molecule has 0 atom stereocenters. The fourth-order valence-corrected chi connectivity index (χ4v) is 3.33. The standard InChI is InChI=1S/C16H12ClF3N4OS/c1-9(12-6-7-13(17)26-12)22-23-14(25)8-24-11-5-3-2-4-10(11)21-15(24)16(18,19)20/h2-7H,8H2,1H3,(H,23,25). The monoisotopic (exact) mass is 400 g/mol. The van der Waals surface area contributed by atoms with Crippen LogP contribution in [0.3, 0.4) is 0 Å². The summed E-state index contributed by atoms with van der Waals surface area (Å²) in [6.45, 7) is 1.10. The van der Waals surface area contributed by atoms with Crippen molar-refractivity contribution in [3.63, 3.8) is 0 Å². The lowest BCUT2D eigenvalue weighted by molar-refractivity contribution is -0.147. The first-order valence-corrected chi connectivity index (χ1v) is 8.56. The molecule has 2 heterocycles. The highest BCUT2D eigenvalue weighted by Crippen LogP contribution is 2.31. The zero-order valence-corrected chi connectivity index (χ0v) is 14.9. The normalized spacial score (nSPS) is 12.6. The van der Waals surface area contributed by atoms with Crippen molar-refractivity contribution in [1.82, 2.24) is 15.0 Å². The molecule has 0 spiro atoms. The third-order valence-electron chi connectivity index (χ3n) is 3.49. The Labute approximate surface area is 155 Å². The summed E-state index contributed by atoms with van der Waals surface area (Å²) in [5.41, 5.74) is 3.16. The number of benzene rings is 1. The number of hydrazone groups is 1. The Balaban J connectivity index is 1.83. The van der Waals surface area contributed by atoms with E-state index in [9.17, 15) is 18.0 Å². The Bertz CT molecular complexity index is 993. The number of alkyl halides is 3. The van der Waals surface area contributed by atoms with Gasteiger partial charge in [-0.2, -0.15) is 18.3 Å². The van der Waals surface area contributed by atoms with Gasteiger partial charge in [0.2, 0.25) is 5.82 Å². The predicted molar refractivity (Wildman–Crippen MR) is 94.4 cm³/mol. The van der Waals surface area contributed by atoms with Crippen LogP contribution >= 0.6 is 22.9 Å². The Hall–Kier alpha value is -2.39. The summed E-state index contributed by atoms with van der Waals surface area (Å²) in [5.74, 6) is -1.82. The Kier molecular flexibility index (Phi) is 5.01. The van der Waals surface area contributed by atoms with Crippen molar-refractivity contribution in [1.29, 1.82) is 0 Å². The van der Waals surface area contributed by atoms with Crippen LogP contribution in [0.5, 0.6) is 0 Å². The molecule has 0 radical (unpaired) electrons. The maximum atomic E-state index is 13.2. The lowest BCUT2D eigenvalue weighted by Crippen LogP contribution is -2.26. The van der Waals surface area contributed by atoms with E-state index in [4.69, 9.17) is 11.6 Å². The van der Waals surface area contributed by atoms with Crippen LogP contribution in [-0.4, -0.2) is 21.2 Å². The topological polar surface area (TPSA) is 59.3 Å². The molecule has 26 heavy (non-hydrogen) atoms. The summed E-state index contributed by atoms with van der Waals surface area (Å²) < 4.78 is 41.1. The number of nitrogens with zero attached hydrogens (tertiary/aromatic N) is 3. The summed E-state index contributed by atoms with van der Waals surface area (Å²) in [5, 5.41) is 3.91. The van der Waals surface area contributed by atoms with Crippen molar-refractivity contribution in [3.8, 4) is 0 Å². The predicted octanol–water partition coefficient (Wildman–Crippen LogP) is 4.31. The lowest BCUT2D eigenvalue weighted by Gasteiger charge is -2.10. The number of amides is 1. The molecule has 0 unspecified atom stereocenters. The van der Waals surface area contributed by atoms with E-state index in [1.807, 2.05) is 0 Å². The summed E-state index contributed by atoms with van der Waals surface area (Å²) in [6.07, 6.45) is -4.67. The molecule has 10 heteroatoms. The van der Waals surface area contributed by atoms with Gasteiger partial charge in [0.1, 0.15) is 6.54 Å². The number of halogens is 4. The van der Waals surface area contributed by atoms with E-state index < -0.39 is 24.5 Å². The van der Waals surface area contributed by atoms with Crippen molar-refractivity contribution in [2.24, 2.45) is 5.10 Å². The largest absolute Gasteiger partial charge is 0.449 e. The van der Waals surface area contributed by atoms with Crippen LogP contribution in [0.2, 0.25) is 4.34 Å². The van der Waals surface area contributed by atoms with E-state index in [1.54, 1.807) is 31.2 Å². The van der Waals surface area contributed by atoms with Gasteiger partial charge in [0, 0.05) is 0 Å².